The molecular formula is C16H35N3. The number of hydrogen-bond acceptors (Lipinski definition) is 3. The monoisotopic (exact) mass is 269 g/mol. The van der Waals surface area contributed by atoms with E-state index in [4.69, 9.17) is 0 Å². The van der Waals surface area contributed by atoms with Crippen LogP contribution in [0.1, 0.15) is 40.5 Å². The lowest BCUT2D eigenvalue weighted by Gasteiger charge is -2.40. The lowest BCUT2D eigenvalue weighted by molar-refractivity contribution is 0.0872. The van der Waals surface area contributed by atoms with Gasteiger partial charge < -0.3 is 10.2 Å². The average molecular weight is 269 g/mol. The molecule has 0 aromatic carbocycles. The molecule has 114 valence electrons. The van der Waals surface area contributed by atoms with Crippen LogP contribution in [-0.4, -0.2) is 62.2 Å². The van der Waals surface area contributed by atoms with Gasteiger partial charge in [-0.1, -0.05) is 34.1 Å². The Morgan fingerprint density at radius 2 is 1.63 bits per heavy atom. The Bertz CT molecular complexity index is 222. The van der Waals surface area contributed by atoms with Crippen molar-refractivity contribution in [3.8, 4) is 0 Å². The van der Waals surface area contributed by atoms with E-state index in [-0.39, 0.29) is 0 Å². The van der Waals surface area contributed by atoms with Crippen molar-refractivity contribution in [2.24, 2.45) is 11.8 Å². The Kier molecular flexibility index (Phi) is 7.96. The summed E-state index contributed by atoms with van der Waals surface area (Å²) in [5, 5.41) is 3.70. The number of rotatable bonds is 8. The Balaban J connectivity index is 2.32. The summed E-state index contributed by atoms with van der Waals surface area (Å²) in [5.74, 6) is 1.54. The van der Waals surface area contributed by atoms with E-state index in [1.54, 1.807) is 0 Å². The standard InChI is InChI=1S/C16H35N3/c1-6-7-15(4)12-17-13-16(14(2)3)19-10-8-18(5)9-11-19/h14-17H,6-13H2,1-5H3. The summed E-state index contributed by atoms with van der Waals surface area (Å²) in [6, 6.07) is 0.697. The first-order valence-electron chi connectivity index (χ1n) is 8.17. The zero-order valence-electron chi connectivity index (χ0n) is 13.8. The van der Waals surface area contributed by atoms with E-state index in [0.29, 0.717) is 6.04 Å². The first kappa shape index (κ1) is 16.9. The Morgan fingerprint density at radius 1 is 1.00 bits per heavy atom. The van der Waals surface area contributed by atoms with Gasteiger partial charge in [-0.2, -0.15) is 0 Å². The molecule has 3 nitrogen and oxygen atoms in total. The zero-order valence-corrected chi connectivity index (χ0v) is 13.8. The number of piperazine rings is 1. The van der Waals surface area contributed by atoms with Crippen molar-refractivity contribution >= 4 is 0 Å². The quantitative estimate of drug-likeness (QED) is 0.729. The average Bonchev–Trinajstić information content (AvgIpc) is 2.36. The van der Waals surface area contributed by atoms with E-state index in [2.05, 4.69) is 49.9 Å². The Labute approximate surface area is 120 Å². The molecule has 3 heteroatoms. The minimum absolute atomic E-state index is 0.697. The highest BCUT2D eigenvalue weighted by atomic mass is 15.3. The minimum Gasteiger partial charge on any atom is -0.315 e. The Hall–Kier alpha value is -0.120. The zero-order chi connectivity index (χ0) is 14.3. The van der Waals surface area contributed by atoms with Gasteiger partial charge in [-0.25, -0.2) is 0 Å². The number of hydrogen-bond donors (Lipinski definition) is 1. The van der Waals surface area contributed by atoms with Gasteiger partial charge in [-0.05, 0) is 31.8 Å². The predicted molar refractivity (Wildman–Crippen MR) is 84.6 cm³/mol. The molecule has 1 rings (SSSR count). The van der Waals surface area contributed by atoms with E-state index >= 15 is 0 Å². The van der Waals surface area contributed by atoms with Crippen LogP contribution in [0.25, 0.3) is 0 Å². The summed E-state index contributed by atoms with van der Waals surface area (Å²) >= 11 is 0. The van der Waals surface area contributed by atoms with E-state index in [1.807, 2.05) is 0 Å². The number of likely N-dealkylation sites (N-methyl/N-ethyl adjacent to an activating group) is 1. The Morgan fingerprint density at radius 3 is 2.16 bits per heavy atom. The fourth-order valence-corrected chi connectivity index (χ4v) is 3.01. The molecule has 0 radical (unpaired) electrons. The van der Waals surface area contributed by atoms with Gasteiger partial charge >= 0.3 is 0 Å². The van der Waals surface area contributed by atoms with Crippen LogP contribution in [-0.2, 0) is 0 Å². The van der Waals surface area contributed by atoms with Crippen molar-refractivity contribution in [2.75, 3.05) is 46.3 Å². The maximum Gasteiger partial charge on any atom is 0.0244 e. The second-order valence-electron chi connectivity index (χ2n) is 6.70. The van der Waals surface area contributed by atoms with E-state index in [0.717, 1.165) is 18.4 Å². The molecule has 0 amide bonds. The van der Waals surface area contributed by atoms with Crippen LogP contribution in [0.5, 0.6) is 0 Å². The molecule has 1 saturated heterocycles. The highest BCUT2D eigenvalue weighted by Gasteiger charge is 2.24. The van der Waals surface area contributed by atoms with Crippen molar-refractivity contribution in [3.63, 3.8) is 0 Å². The molecule has 0 spiro atoms. The van der Waals surface area contributed by atoms with Crippen LogP contribution in [0.2, 0.25) is 0 Å². The smallest absolute Gasteiger partial charge is 0.0244 e. The van der Waals surface area contributed by atoms with E-state index < -0.39 is 0 Å². The largest absolute Gasteiger partial charge is 0.315 e. The number of nitrogens with one attached hydrogen (secondary N) is 1. The molecule has 0 bridgehead atoms. The fraction of sp³-hybridized carbons (Fsp3) is 1.00. The third-order valence-corrected chi connectivity index (χ3v) is 4.40. The highest BCUT2D eigenvalue weighted by Crippen LogP contribution is 2.13. The van der Waals surface area contributed by atoms with Gasteiger partial charge in [0.2, 0.25) is 0 Å². The second-order valence-corrected chi connectivity index (χ2v) is 6.70. The van der Waals surface area contributed by atoms with Crippen LogP contribution in [0, 0.1) is 11.8 Å². The molecule has 19 heavy (non-hydrogen) atoms. The molecule has 0 saturated carbocycles. The molecule has 1 N–H and O–H groups in total. The van der Waals surface area contributed by atoms with Gasteiger partial charge in [0.15, 0.2) is 0 Å². The van der Waals surface area contributed by atoms with Gasteiger partial charge in [0.05, 0.1) is 0 Å². The van der Waals surface area contributed by atoms with Crippen molar-refractivity contribution in [1.29, 1.82) is 0 Å². The molecular weight excluding hydrogens is 234 g/mol. The number of nitrogens with zero attached hydrogens (tertiary/aromatic N) is 2. The summed E-state index contributed by atoms with van der Waals surface area (Å²) in [6.45, 7) is 16.6. The molecule has 0 aromatic rings. The highest BCUT2D eigenvalue weighted by molar-refractivity contribution is 4.81. The molecule has 1 fully saturated rings. The van der Waals surface area contributed by atoms with E-state index in [1.165, 1.54) is 45.6 Å². The van der Waals surface area contributed by atoms with Crippen molar-refractivity contribution < 1.29 is 0 Å². The summed E-state index contributed by atoms with van der Waals surface area (Å²) in [5.41, 5.74) is 0. The summed E-state index contributed by atoms with van der Waals surface area (Å²) in [7, 11) is 2.23. The molecule has 2 unspecified atom stereocenters. The molecule has 1 aliphatic heterocycles. The maximum atomic E-state index is 3.70. The van der Waals surface area contributed by atoms with Gasteiger partial charge in [0.1, 0.15) is 0 Å². The first-order chi connectivity index (χ1) is 9.04. The van der Waals surface area contributed by atoms with Gasteiger partial charge in [-0.3, -0.25) is 4.90 Å². The van der Waals surface area contributed by atoms with E-state index in [9.17, 15) is 0 Å². The van der Waals surface area contributed by atoms with Gasteiger partial charge in [0, 0.05) is 38.8 Å². The van der Waals surface area contributed by atoms with Crippen LogP contribution < -0.4 is 5.32 Å². The topological polar surface area (TPSA) is 18.5 Å². The molecule has 2 atom stereocenters. The van der Waals surface area contributed by atoms with Crippen molar-refractivity contribution in [3.05, 3.63) is 0 Å². The normalized spacial score (nSPS) is 21.8. The maximum absolute atomic E-state index is 3.70. The summed E-state index contributed by atoms with van der Waals surface area (Å²) in [6.07, 6.45) is 2.64. The predicted octanol–water partition coefficient (Wildman–Crippen LogP) is 2.28. The van der Waals surface area contributed by atoms with Crippen molar-refractivity contribution in [1.82, 2.24) is 15.1 Å². The van der Waals surface area contributed by atoms with Crippen LogP contribution in [0.3, 0.4) is 0 Å². The minimum atomic E-state index is 0.697. The fourth-order valence-electron chi connectivity index (χ4n) is 3.01. The summed E-state index contributed by atoms with van der Waals surface area (Å²) in [4.78, 5) is 5.12. The lowest BCUT2D eigenvalue weighted by Crippen LogP contribution is -2.53. The lowest BCUT2D eigenvalue weighted by atomic mass is 10.0. The van der Waals surface area contributed by atoms with Crippen molar-refractivity contribution in [2.45, 2.75) is 46.6 Å². The SMILES string of the molecule is CCCC(C)CNCC(C(C)C)N1CCN(C)CC1. The molecule has 1 aliphatic rings. The first-order valence-corrected chi connectivity index (χ1v) is 8.17. The summed E-state index contributed by atoms with van der Waals surface area (Å²) < 4.78 is 0. The molecule has 0 aromatic heterocycles. The van der Waals surface area contributed by atoms with Crippen LogP contribution in [0.4, 0.5) is 0 Å². The second kappa shape index (κ2) is 8.93. The third kappa shape index (κ3) is 6.24. The van der Waals surface area contributed by atoms with Crippen LogP contribution >= 0.6 is 0 Å². The van der Waals surface area contributed by atoms with Gasteiger partial charge in [0.25, 0.3) is 0 Å². The molecule has 0 aliphatic carbocycles. The molecule has 1 heterocycles. The van der Waals surface area contributed by atoms with Gasteiger partial charge in [-0.15, -0.1) is 0 Å². The third-order valence-electron chi connectivity index (χ3n) is 4.40. The van der Waals surface area contributed by atoms with Crippen LogP contribution in [0.15, 0.2) is 0 Å².